The Morgan fingerprint density at radius 2 is 1.71 bits per heavy atom. The Hall–Kier alpha value is -3.47. The molecule has 0 radical (unpaired) electrons. The maximum atomic E-state index is 12.5. The maximum absolute atomic E-state index is 12.5. The summed E-state index contributed by atoms with van der Waals surface area (Å²) in [7, 11) is 0. The van der Waals surface area contributed by atoms with Crippen LogP contribution in [0.5, 0.6) is 0 Å². The number of carbonyl (C=O) groups is 2. The lowest BCUT2D eigenvalue weighted by atomic mass is 10.1. The fourth-order valence-corrected chi connectivity index (χ4v) is 2.82. The van der Waals surface area contributed by atoms with Crippen molar-refractivity contribution < 1.29 is 9.59 Å². The van der Waals surface area contributed by atoms with Crippen molar-refractivity contribution >= 4 is 17.5 Å². The topological polar surface area (TPSA) is 71.1 Å². The van der Waals surface area contributed by atoms with Gasteiger partial charge in [-0.2, -0.15) is 0 Å². The van der Waals surface area contributed by atoms with Crippen LogP contribution >= 0.6 is 0 Å². The highest BCUT2D eigenvalue weighted by Gasteiger charge is 2.12. The molecule has 0 bridgehead atoms. The number of rotatable bonds is 6. The number of aryl methyl sites for hydroxylation is 2. The second-order valence-corrected chi connectivity index (χ2v) is 6.61. The number of amides is 2. The molecule has 0 aliphatic carbocycles. The number of nitrogens with zero attached hydrogens (tertiary/aromatic N) is 1. The van der Waals surface area contributed by atoms with Crippen molar-refractivity contribution in [2.75, 3.05) is 5.32 Å². The predicted molar refractivity (Wildman–Crippen MR) is 110 cm³/mol. The minimum absolute atomic E-state index is 0.197. The summed E-state index contributed by atoms with van der Waals surface area (Å²) in [5, 5.41) is 5.68. The number of pyridine rings is 1. The molecule has 5 nitrogen and oxygen atoms in total. The van der Waals surface area contributed by atoms with Crippen molar-refractivity contribution in [3.05, 3.63) is 94.8 Å². The normalized spacial score (nSPS) is 10.4. The quantitative estimate of drug-likeness (QED) is 0.682. The Labute approximate surface area is 164 Å². The molecular formula is C23H23N3O2. The predicted octanol–water partition coefficient (Wildman–Crippen LogP) is 4.13. The minimum atomic E-state index is -0.349. The molecule has 0 saturated carbocycles. The van der Waals surface area contributed by atoms with E-state index in [0.29, 0.717) is 17.8 Å². The van der Waals surface area contributed by atoms with E-state index in [-0.39, 0.29) is 17.5 Å². The molecule has 1 aromatic heterocycles. The third kappa shape index (κ3) is 5.04. The summed E-state index contributed by atoms with van der Waals surface area (Å²) in [5.74, 6) is -0.595. The van der Waals surface area contributed by atoms with Crippen LogP contribution < -0.4 is 10.6 Å². The molecule has 28 heavy (non-hydrogen) atoms. The third-order valence-corrected chi connectivity index (χ3v) is 4.41. The minimum Gasteiger partial charge on any atom is -0.348 e. The maximum Gasteiger partial charge on any atom is 0.274 e. The van der Waals surface area contributed by atoms with E-state index in [0.717, 1.165) is 17.5 Å². The van der Waals surface area contributed by atoms with Gasteiger partial charge in [0, 0.05) is 24.0 Å². The van der Waals surface area contributed by atoms with Crippen LogP contribution in [-0.2, 0) is 13.0 Å². The zero-order valence-corrected chi connectivity index (χ0v) is 16.0. The molecular weight excluding hydrogens is 350 g/mol. The van der Waals surface area contributed by atoms with Crippen molar-refractivity contribution in [1.29, 1.82) is 0 Å². The first-order chi connectivity index (χ1) is 13.5. The summed E-state index contributed by atoms with van der Waals surface area (Å²) in [5.41, 5.74) is 4.65. The van der Waals surface area contributed by atoms with Crippen LogP contribution in [0, 0.1) is 6.92 Å². The zero-order valence-electron chi connectivity index (χ0n) is 16.0. The number of aromatic nitrogens is 1. The summed E-state index contributed by atoms with van der Waals surface area (Å²) in [6.07, 6.45) is 2.41. The second-order valence-electron chi connectivity index (χ2n) is 6.61. The molecule has 0 spiro atoms. The molecule has 0 aliphatic rings. The van der Waals surface area contributed by atoms with Crippen molar-refractivity contribution in [3.8, 4) is 0 Å². The number of nitrogens with one attached hydrogen (secondary N) is 2. The van der Waals surface area contributed by atoms with E-state index in [1.165, 1.54) is 17.8 Å². The fraction of sp³-hybridized carbons (Fsp3) is 0.174. The Morgan fingerprint density at radius 3 is 2.43 bits per heavy atom. The Morgan fingerprint density at radius 1 is 0.929 bits per heavy atom. The lowest BCUT2D eigenvalue weighted by Gasteiger charge is -2.08. The molecule has 3 rings (SSSR count). The highest BCUT2D eigenvalue weighted by molar-refractivity contribution is 6.04. The summed E-state index contributed by atoms with van der Waals surface area (Å²) < 4.78 is 0. The molecule has 0 aliphatic heterocycles. The molecule has 0 fully saturated rings. The third-order valence-electron chi connectivity index (χ3n) is 4.41. The lowest BCUT2D eigenvalue weighted by molar-refractivity contribution is 0.0950. The van der Waals surface area contributed by atoms with Gasteiger partial charge < -0.3 is 10.6 Å². The largest absolute Gasteiger partial charge is 0.348 e. The molecule has 2 N–H and O–H groups in total. The smallest absolute Gasteiger partial charge is 0.274 e. The van der Waals surface area contributed by atoms with Crippen LogP contribution in [0.2, 0.25) is 0 Å². The van der Waals surface area contributed by atoms with E-state index in [4.69, 9.17) is 0 Å². The Kier molecular flexibility index (Phi) is 6.17. The van der Waals surface area contributed by atoms with Gasteiger partial charge in [0.2, 0.25) is 0 Å². The van der Waals surface area contributed by atoms with Gasteiger partial charge in [0.05, 0.1) is 0 Å². The van der Waals surface area contributed by atoms with Crippen molar-refractivity contribution in [2.24, 2.45) is 0 Å². The zero-order chi connectivity index (χ0) is 19.9. The van der Waals surface area contributed by atoms with Gasteiger partial charge in [-0.05, 0) is 48.7 Å². The molecule has 0 unspecified atom stereocenters. The van der Waals surface area contributed by atoms with E-state index >= 15 is 0 Å². The first kappa shape index (κ1) is 19.3. The summed E-state index contributed by atoms with van der Waals surface area (Å²) >= 11 is 0. The van der Waals surface area contributed by atoms with E-state index in [2.05, 4.69) is 22.5 Å². The van der Waals surface area contributed by atoms with Gasteiger partial charge >= 0.3 is 0 Å². The average molecular weight is 373 g/mol. The number of hydrogen-bond acceptors (Lipinski definition) is 3. The standard InChI is InChI=1S/C23H23N3O2/c1-3-17-7-9-20(10-8-17)26-23(28)21-14-19(11-12-24-21)22(27)25-15-18-6-4-5-16(2)13-18/h4-14H,3,15H2,1-2H3,(H,25,27)(H,26,28). The molecule has 0 saturated heterocycles. The van der Waals surface area contributed by atoms with E-state index in [1.54, 1.807) is 6.07 Å². The number of carbonyl (C=O) groups excluding carboxylic acids is 2. The van der Waals surface area contributed by atoms with Crippen molar-refractivity contribution in [3.63, 3.8) is 0 Å². The van der Waals surface area contributed by atoms with Gasteiger partial charge in [0.25, 0.3) is 11.8 Å². The first-order valence-corrected chi connectivity index (χ1v) is 9.25. The van der Waals surface area contributed by atoms with Crippen LogP contribution in [0.1, 0.15) is 44.5 Å². The van der Waals surface area contributed by atoms with Crippen LogP contribution in [0.15, 0.2) is 66.9 Å². The first-order valence-electron chi connectivity index (χ1n) is 9.25. The highest BCUT2D eigenvalue weighted by atomic mass is 16.2. The second kappa shape index (κ2) is 8.95. The monoisotopic (exact) mass is 373 g/mol. The molecule has 2 amide bonds. The van der Waals surface area contributed by atoms with Crippen molar-refractivity contribution in [1.82, 2.24) is 10.3 Å². The van der Waals surface area contributed by atoms with Crippen molar-refractivity contribution in [2.45, 2.75) is 26.8 Å². The van der Waals surface area contributed by atoms with Gasteiger partial charge in [-0.3, -0.25) is 14.6 Å². The average Bonchev–Trinajstić information content (AvgIpc) is 2.72. The van der Waals surface area contributed by atoms with Gasteiger partial charge in [-0.1, -0.05) is 48.9 Å². The van der Waals surface area contributed by atoms with Crippen LogP contribution in [-0.4, -0.2) is 16.8 Å². The molecule has 2 aromatic carbocycles. The highest BCUT2D eigenvalue weighted by Crippen LogP contribution is 2.12. The lowest BCUT2D eigenvalue weighted by Crippen LogP contribution is -2.23. The Balaban J connectivity index is 1.65. The van der Waals surface area contributed by atoms with Crippen LogP contribution in [0.25, 0.3) is 0 Å². The number of benzene rings is 2. The summed E-state index contributed by atoms with van der Waals surface area (Å²) in [4.78, 5) is 29.0. The van der Waals surface area contributed by atoms with Gasteiger partial charge in [0.1, 0.15) is 5.69 Å². The van der Waals surface area contributed by atoms with Gasteiger partial charge in [0.15, 0.2) is 0 Å². The summed E-state index contributed by atoms with van der Waals surface area (Å²) in [6.45, 7) is 4.51. The molecule has 0 atom stereocenters. The molecule has 3 aromatic rings. The molecule has 1 heterocycles. The Bertz CT molecular complexity index is 981. The van der Waals surface area contributed by atoms with Gasteiger partial charge in [-0.15, -0.1) is 0 Å². The molecule has 5 heteroatoms. The van der Waals surface area contributed by atoms with E-state index < -0.39 is 0 Å². The number of hydrogen-bond donors (Lipinski definition) is 2. The van der Waals surface area contributed by atoms with Crippen LogP contribution in [0.3, 0.4) is 0 Å². The molecule has 142 valence electrons. The summed E-state index contributed by atoms with van der Waals surface area (Å²) in [6, 6.07) is 18.7. The fourth-order valence-electron chi connectivity index (χ4n) is 2.82. The SMILES string of the molecule is CCc1ccc(NC(=O)c2cc(C(=O)NCc3cccc(C)c3)ccn2)cc1. The van der Waals surface area contributed by atoms with Gasteiger partial charge in [-0.25, -0.2) is 0 Å². The van der Waals surface area contributed by atoms with Crippen LogP contribution in [0.4, 0.5) is 5.69 Å². The van der Waals surface area contributed by atoms with E-state index in [9.17, 15) is 9.59 Å². The number of anilines is 1. The van der Waals surface area contributed by atoms with E-state index in [1.807, 2.05) is 55.5 Å².